The molecule has 0 saturated carbocycles. The van der Waals surface area contributed by atoms with Crippen LogP contribution < -0.4 is 10.2 Å². The Labute approximate surface area is 180 Å². The molecule has 0 aliphatic carbocycles. The summed E-state index contributed by atoms with van der Waals surface area (Å²) in [5, 5.41) is 4.49. The number of hydrogen-bond acceptors (Lipinski definition) is 7. The summed E-state index contributed by atoms with van der Waals surface area (Å²) in [5.41, 5.74) is 0.747. The molecule has 152 valence electrons. The molecular formula is C19H19ClFN5OS2. The van der Waals surface area contributed by atoms with Crippen LogP contribution in [-0.2, 0) is 4.79 Å². The molecule has 2 aromatic heterocycles. The van der Waals surface area contributed by atoms with Crippen molar-refractivity contribution in [1.29, 1.82) is 0 Å². The Morgan fingerprint density at radius 1 is 1.45 bits per heavy atom. The van der Waals surface area contributed by atoms with Crippen LogP contribution in [0.3, 0.4) is 0 Å². The number of carbonyl (C=O) groups is 1. The molecule has 1 atom stereocenters. The van der Waals surface area contributed by atoms with Crippen molar-refractivity contribution in [3.05, 3.63) is 35.4 Å². The third kappa shape index (κ3) is 4.79. The Balaban J connectivity index is 1.45. The van der Waals surface area contributed by atoms with Crippen molar-refractivity contribution >= 4 is 61.8 Å². The lowest BCUT2D eigenvalue weighted by Crippen LogP contribution is -2.34. The lowest BCUT2D eigenvalue weighted by Gasteiger charge is -2.30. The number of thioether (sulfide) groups is 1. The lowest BCUT2D eigenvalue weighted by molar-refractivity contribution is -0.113. The third-order valence-electron chi connectivity index (χ3n) is 4.62. The maximum Gasteiger partial charge on any atom is 0.234 e. The normalized spacial score (nSPS) is 16.9. The molecule has 1 saturated heterocycles. The van der Waals surface area contributed by atoms with Crippen molar-refractivity contribution in [2.75, 3.05) is 29.1 Å². The number of hydrogen-bond donors (Lipinski definition) is 1. The van der Waals surface area contributed by atoms with E-state index in [1.807, 2.05) is 0 Å². The summed E-state index contributed by atoms with van der Waals surface area (Å²) in [6.07, 6.45) is 3.86. The zero-order chi connectivity index (χ0) is 20.4. The molecule has 1 unspecified atom stereocenters. The maximum atomic E-state index is 13.9. The van der Waals surface area contributed by atoms with Crippen LogP contribution >= 0.6 is 34.7 Å². The molecule has 29 heavy (non-hydrogen) atoms. The highest BCUT2D eigenvalue weighted by molar-refractivity contribution is 8.00. The standard InChI is InChI=1S/C19H19ClFN5OS2/c1-11-3-2-6-26(8-11)19-25-17-16(29-19)18(23-10-22-17)28-9-15(27)24-14-5-4-12(20)7-13(14)21/h4-5,7,10-11H,2-3,6,8-9H2,1H3,(H,24,27). The number of halogens is 2. The first-order valence-corrected chi connectivity index (χ1v) is 11.4. The second kappa shape index (κ2) is 8.81. The van der Waals surface area contributed by atoms with Crippen LogP contribution in [0.2, 0.25) is 5.02 Å². The monoisotopic (exact) mass is 451 g/mol. The summed E-state index contributed by atoms with van der Waals surface area (Å²) in [4.78, 5) is 27.8. The van der Waals surface area contributed by atoms with Gasteiger partial charge in [-0.05, 0) is 37.0 Å². The molecule has 3 aromatic rings. The number of thiazole rings is 1. The minimum atomic E-state index is -0.567. The molecule has 6 nitrogen and oxygen atoms in total. The number of amides is 1. The topological polar surface area (TPSA) is 71.0 Å². The van der Waals surface area contributed by atoms with Crippen LogP contribution in [0, 0.1) is 11.7 Å². The molecule has 1 amide bonds. The Morgan fingerprint density at radius 2 is 2.31 bits per heavy atom. The molecule has 1 aliphatic rings. The molecule has 0 bridgehead atoms. The van der Waals surface area contributed by atoms with Gasteiger partial charge in [0.25, 0.3) is 0 Å². The van der Waals surface area contributed by atoms with Crippen molar-refractivity contribution in [3.8, 4) is 0 Å². The van der Waals surface area contributed by atoms with E-state index < -0.39 is 5.82 Å². The smallest absolute Gasteiger partial charge is 0.234 e. The van der Waals surface area contributed by atoms with Crippen LogP contribution in [0.4, 0.5) is 15.2 Å². The summed E-state index contributed by atoms with van der Waals surface area (Å²) in [7, 11) is 0. The highest BCUT2D eigenvalue weighted by Crippen LogP contribution is 2.35. The van der Waals surface area contributed by atoms with Crippen molar-refractivity contribution in [1.82, 2.24) is 15.0 Å². The number of rotatable bonds is 5. The van der Waals surface area contributed by atoms with Gasteiger partial charge in [-0.25, -0.2) is 14.4 Å². The quantitative estimate of drug-likeness (QED) is 0.442. The van der Waals surface area contributed by atoms with Gasteiger partial charge in [0.15, 0.2) is 10.8 Å². The predicted octanol–water partition coefficient (Wildman–Crippen LogP) is 4.85. The molecule has 1 N–H and O–H groups in total. The van der Waals surface area contributed by atoms with Gasteiger partial charge in [0.05, 0.1) is 11.4 Å². The first-order chi connectivity index (χ1) is 14.0. The van der Waals surface area contributed by atoms with Gasteiger partial charge in [0.1, 0.15) is 21.9 Å². The van der Waals surface area contributed by atoms with E-state index in [1.54, 1.807) is 11.3 Å². The van der Waals surface area contributed by atoms with Gasteiger partial charge in [-0.15, -0.1) is 0 Å². The number of aromatic nitrogens is 3. The molecule has 1 fully saturated rings. The van der Waals surface area contributed by atoms with Gasteiger partial charge in [0.2, 0.25) is 5.91 Å². The Morgan fingerprint density at radius 3 is 3.10 bits per heavy atom. The van der Waals surface area contributed by atoms with Crippen LogP contribution in [0.15, 0.2) is 29.6 Å². The van der Waals surface area contributed by atoms with E-state index in [-0.39, 0.29) is 22.4 Å². The van der Waals surface area contributed by atoms with Crippen LogP contribution in [-0.4, -0.2) is 39.7 Å². The minimum Gasteiger partial charge on any atom is -0.348 e. The van der Waals surface area contributed by atoms with E-state index in [0.29, 0.717) is 16.6 Å². The SMILES string of the molecule is CC1CCCN(c2nc3ncnc(SCC(=O)Nc4ccc(Cl)cc4F)c3s2)C1. The van der Waals surface area contributed by atoms with E-state index in [0.717, 1.165) is 29.3 Å². The van der Waals surface area contributed by atoms with Gasteiger partial charge in [0, 0.05) is 18.1 Å². The average Bonchev–Trinajstić information content (AvgIpc) is 3.13. The molecule has 3 heterocycles. The predicted molar refractivity (Wildman–Crippen MR) is 117 cm³/mol. The molecule has 1 aromatic carbocycles. The maximum absolute atomic E-state index is 13.9. The van der Waals surface area contributed by atoms with Gasteiger partial charge in [-0.3, -0.25) is 4.79 Å². The molecule has 1 aliphatic heterocycles. The van der Waals surface area contributed by atoms with E-state index in [2.05, 4.69) is 32.1 Å². The number of anilines is 2. The largest absolute Gasteiger partial charge is 0.348 e. The summed E-state index contributed by atoms with van der Waals surface area (Å²) in [6.45, 7) is 4.24. The van der Waals surface area contributed by atoms with Crippen molar-refractivity contribution in [2.24, 2.45) is 5.92 Å². The average molecular weight is 452 g/mol. The summed E-state index contributed by atoms with van der Waals surface area (Å²) in [5.74, 6) is -0.143. The zero-order valence-electron chi connectivity index (χ0n) is 15.7. The Bertz CT molecular complexity index is 1050. The number of fused-ring (bicyclic) bond motifs is 1. The fourth-order valence-electron chi connectivity index (χ4n) is 3.23. The fraction of sp³-hybridized carbons (Fsp3) is 0.368. The number of benzene rings is 1. The van der Waals surface area contributed by atoms with E-state index >= 15 is 0 Å². The van der Waals surface area contributed by atoms with Gasteiger partial charge >= 0.3 is 0 Å². The second-order valence-electron chi connectivity index (χ2n) is 6.98. The first-order valence-electron chi connectivity index (χ1n) is 9.24. The number of nitrogens with zero attached hydrogens (tertiary/aromatic N) is 4. The number of piperidine rings is 1. The van der Waals surface area contributed by atoms with E-state index in [4.69, 9.17) is 11.6 Å². The Hall–Kier alpha value is -1.97. The molecule has 10 heteroatoms. The van der Waals surface area contributed by atoms with Gasteiger partial charge in [-0.1, -0.05) is 41.6 Å². The van der Waals surface area contributed by atoms with Crippen molar-refractivity contribution < 1.29 is 9.18 Å². The van der Waals surface area contributed by atoms with Gasteiger partial charge < -0.3 is 10.2 Å². The molecular weight excluding hydrogens is 433 g/mol. The zero-order valence-corrected chi connectivity index (χ0v) is 18.1. The van der Waals surface area contributed by atoms with Crippen LogP contribution in [0.5, 0.6) is 0 Å². The highest BCUT2D eigenvalue weighted by atomic mass is 35.5. The number of carbonyl (C=O) groups excluding carboxylic acids is 1. The minimum absolute atomic E-state index is 0.0994. The summed E-state index contributed by atoms with van der Waals surface area (Å²) in [6, 6.07) is 4.14. The summed E-state index contributed by atoms with van der Waals surface area (Å²) < 4.78 is 14.7. The van der Waals surface area contributed by atoms with Crippen LogP contribution in [0.25, 0.3) is 10.3 Å². The van der Waals surface area contributed by atoms with Crippen LogP contribution in [0.1, 0.15) is 19.8 Å². The third-order valence-corrected chi connectivity index (χ3v) is 7.09. The highest BCUT2D eigenvalue weighted by Gasteiger charge is 2.21. The molecule has 0 radical (unpaired) electrons. The van der Waals surface area contributed by atoms with E-state index in [9.17, 15) is 9.18 Å². The van der Waals surface area contributed by atoms with Crippen molar-refractivity contribution in [3.63, 3.8) is 0 Å². The molecule has 4 rings (SSSR count). The van der Waals surface area contributed by atoms with Crippen molar-refractivity contribution in [2.45, 2.75) is 24.8 Å². The van der Waals surface area contributed by atoms with E-state index in [1.165, 1.54) is 42.7 Å². The number of nitrogens with one attached hydrogen (secondary N) is 1. The molecule has 0 spiro atoms. The Kier molecular flexibility index (Phi) is 6.17. The first kappa shape index (κ1) is 20.3. The fourth-order valence-corrected chi connectivity index (χ4v) is 5.32. The van der Waals surface area contributed by atoms with Gasteiger partial charge in [-0.2, -0.15) is 4.98 Å². The lowest BCUT2D eigenvalue weighted by atomic mass is 10.0. The second-order valence-corrected chi connectivity index (χ2v) is 9.36. The summed E-state index contributed by atoms with van der Waals surface area (Å²) >= 11 is 8.58.